The molecule has 1 aromatic heterocycles. The quantitative estimate of drug-likeness (QED) is 0.135. The van der Waals surface area contributed by atoms with E-state index in [0.29, 0.717) is 0 Å². The van der Waals surface area contributed by atoms with Crippen LogP contribution in [0.2, 0.25) is 0 Å². The Bertz CT molecular complexity index is 3710. The van der Waals surface area contributed by atoms with Crippen LogP contribution in [0.25, 0.3) is 98.8 Å². The summed E-state index contributed by atoms with van der Waals surface area (Å²) >= 11 is 0. The maximum absolute atomic E-state index is 6.45. The van der Waals surface area contributed by atoms with Crippen LogP contribution in [0.4, 0.5) is 17.1 Å². The zero-order valence-corrected chi connectivity index (χ0v) is 36.2. The molecule has 0 unspecified atom stereocenters. The number of rotatable bonds is 9. The van der Waals surface area contributed by atoms with Crippen LogP contribution >= 0.6 is 0 Å². The number of furan rings is 1. The summed E-state index contributed by atoms with van der Waals surface area (Å²) in [5.74, 6) is 0. The lowest BCUT2D eigenvalue weighted by molar-refractivity contribution is 0.670. The van der Waals surface area contributed by atoms with E-state index >= 15 is 0 Å². The summed E-state index contributed by atoms with van der Waals surface area (Å²) in [6.45, 7) is 2.26. The summed E-state index contributed by atoms with van der Waals surface area (Å²) in [5, 5.41) is 9.78. The zero-order valence-electron chi connectivity index (χ0n) is 36.2. The minimum absolute atomic E-state index is 0.910. The highest BCUT2D eigenvalue weighted by Gasteiger charge is 2.19. The molecule has 0 spiro atoms. The molecule has 0 radical (unpaired) electrons. The zero-order chi connectivity index (χ0) is 43.3. The van der Waals surface area contributed by atoms with Gasteiger partial charge in [0.25, 0.3) is 0 Å². The number of para-hydroxylation sites is 2. The number of anilines is 3. The molecule has 0 saturated heterocycles. The third-order valence-electron chi connectivity index (χ3n) is 13.1. The maximum atomic E-state index is 6.45. The van der Waals surface area contributed by atoms with E-state index in [1.807, 2.05) is 12.1 Å². The maximum Gasteiger partial charge on any atom is 0.143 e. The van der Waals surface area contributed by atoms with Gasteiger partial charge in [0.2, 0.25) is 0 Å². The van der Waals surface area contributed by atoms with Crippen molar-refractivity contribution >= 4 is 71.3 Å². The second kappa shape index (κ2) is 16.2. The molecule has 0 aliphatic rings. The lowest BCUT2D eigenvalue weighted by atomic mass is 9.93. The van der Waals surface area contributed by atoms with Crippen molar-refractivity contribution in [1.29, 1.82) is 0 Å². The standard InChI is InChI=1S/C63H45NO/c1-2-14-42-27-36-56-60(37-42)54-22-9-7-18-49(54)41-61(56)64(52-34-30-44(31-35-52)50-39-47-17-6-8-21-53(47)59(40-50)45-15-4-3-5-16-45)51-32-28-43(29-33-51)46-19-12-20-48(38-46)55-24-13-25-58-57-23-10-11-26-62(57)65-63(55)58/h3-13,15-41H,2,14H2,1H3. The minimum atomic E-state index is 0.910. The summed E-state index contributed by atoms with van der Waals surface area (Å²) in [6, 6.07) is 84.2. The van der Waals surface area contributed by atoms with Gasteiger partial charge in [-0.2, -0.15) is 0 Å². The van der Waals surface area contributed by atoms with Crippen molar-refractivity contribution in [2.45, 2.75) is 19.8 Å². The summed E-state index contributed by atoms with van der Waals surface area (Å²) < 4.78 is 6.45. The van der Waals surface area contributed by atoms with Gasteiger partial charge in [0.15, 0.2) is 0 Å². The van der Waals surface area contributed by atoms with E-state index in [2.05, 4.69) is 230 Å². The molecule has 2 heteroatoms. The largest absolute Gasteiger partial charge is 0.455 e. The van der Waals surface area contributed by atoms with E-state index in [0.717, 1.165) is 74.1 Å². The normalized spacial score (nSPS) is 11.6. The molecule has 2 nitrogen and oxygen atoms in total. The molecular weight excluding hydrogens is 787 g/mol. The van der Waals surface area contributed by atoms with Crippen molar-refractivity contribution in [3.8, 4) is 44.5 Å². The Hall–Kier alpha value is -8.20. The molecule has 65 heavy (non-hydrogen) atoms. The first kappa shape index (κ1) is 38.5. The first-order valence-electron chi connectivity index (χ1n) is 22.7. The fraction of sp³-hybridized carbons (Fsp3) is 0.0476. The minimum Gasteiger partial charge on any atom is -0.455 e. The average molecular weight is 832 g/mol. The highest BCUT2D eigenvalue weighted by atomic mass is 16.3. The molecule has 12 aromatic rings. The van der Waals surface area contributed by atoms with Crippen molar-refractivity contribution in [3.63, 3.8) is 0 Å². The lowest BCUT2D eigenvalue weighted by Gasteiger charge is -2.28. The van der Waals surface area contributed by atoms with Crippen molar-refractivity contribution in [2.24, 2.45) is 0 Å². The van der Waals surface area contributed by atoms with Crippen LogP contribution in [0.3, 0.4) is 0 Å². The molecule has 0 aliphatic carbocycles. The second-order valence-corrected chi connectivity index (χ2v) is 17.1. The van der Waals surface area contributed by atoms with Gasteiger partial charge in [0.05, 0.1) is 5.69 Å². The third-order valence-corrected chi connectivity index (χ3v) is 13.1. The molecule has 0 bridgehead atoms. The number of hydrogen-bond acceptors (Lipinski definition) is 2. The molecule has 1 heterocycles. The Kier molecular flexibility index (Phi) is 9.57. The smallest absolute Gasteiger partial charge is 0.143 e. The van der Waals surface area contributed by atoms with Crippen molar-refractivity contribution < 1.29 is 4.42 Å². The fourth-order valence-electron chi connectivity index (χ4n) is 9.97. The van der Waals surface area contributed by atoms with E-state index in [1.165, 1.54) is 60.1 Å². The Morgan fingerprint density at radius 2 is 0.969 bits per heavy atom. The monoisotopic (exact) mass is 831 g/mol. The predicted octanol–water partition coefficient (Wildman–Crippen LogP) is 18.1. The van der Waals surface area contributed by atoms with Crippen LogP contribution in [0.1, 0.15) is 18.9 Å². The van der Waals surface area contributed by atoms with E-state index in [9.17, 15) is 0 Å². The van der Waals surface area contributed by atoms with E-state index in [1.54, 1.807) is 0 Å². The molecule has 12 rings (SSSR count). The highest BCUT2D eigenvalue weighted by molar-refractivity contribution is 6.15. The number of benzene rings is 11. The second-order valence-electron chi connectivity index (χ2n) is 17.1. The number of fused-ring (bicyclic) bond motifs is 7. The Labute approximate surface area is 379 Å². The van der Waals surface area contributed by atoms with Crippen molar-refractivity contribution in [2.75, 3.05) is 4.90 Å². The van der Waals surface area contributed by atoms with Gasteiger partial charge >= 0.3 is 0 Å². The fourth-order valence-corrected chi connectivity index (χ4v) is 9.97. The Morgan fingerprint density at radius 1 is 0.354 bits per heavy atom. The van der Waals surface area contributed by atoms with Crippen LogP contribution in [-0.4, -0.2) is 0 Å². The van der Waals surface area contributed by atoms with Crippen molar-refractivity contribution in [1.82, 2.24) is 0 Å². The molecule has 0 fully saturated rings. The van der Waals surface area contributed by atoms with Gasteiger partial charge < -0.3 is 9.32 Å². The van der Waals surface area contributed by atoms with Crippen LogP contribution in [0, 0.1) is 0 Å². The van der Waals surface area contributed by atoms with Gasteiger partial charge in [-0.1, -0.05) is 189 Å². The topological polar surface area (TPSA) is 16.4 Å². The molecule has 0 saturated carbocycles. The average Bonchev–Trinajstić information content (AvgIpc) is 3.76. The first-order chi connectivity index (χ1) is 32.2. The van der Waals surface area contributed by atoms with Gasteiger partial charge in [-0.15, -0.1) is 0 Å². The van der Waals surface area contributed by atoms with Crippen LogP contribution in [-0.2, 0) is 6.42 Å². The van der Waals surface area contributed by atoms with Crippen molar-refractivity contribution in [3.05, 3.63) is 236 Å². The first-order valence-corrected chi connectivity index (χ1v) is 22.7. The number of aryl methyl sites for hydroxylation is 1. The van der Waals surface area contributed by atoms with Crippen LogP contribution in [0.15, 0.2) is 235 Å². The van der Waals surface area contributed by atoms with Gasteiger partial charge in [-0.25, -0.2) is 0 Å². The molecule has 0 atom stereocenters. The van der Waals surface area contributed by atoms with E-state index < -0.39 is 0 Å². The van der Waals surface area contributed by atoms with Gasteiger partial charge in [0, 0.05) is 33.1 Å². The Balaban J connectivity index is 0.978. The van der Waals surface area contributed by atoms with Gasteiger partial charge in [-0.3, -0.25) is 0 Å². The van der Waals surface area contributed by atoms with Gasteiger partial charge in [-0.05, 0) is 132 Å². The summed E-state index contributed by atoms with van der Waals surface area (Å²) in [4.78, 5) is 2.44. The van der Waals surface area contributed by atoms with E-state index in [-0.39, 0.29) is 0 Å². The molecular formula is C63H45NO. The van der Waals surface area contributed by atoms with Crippen LogP contribution < -0.4 is 4.90 Å². The SMILES string of the molecule is CCCc1ccc2c(N(c3ccc(-c4cccc(-c5cccc6c5oc5ccccc56)c4)cc3)c3ccc(-c4cc(-c5ccccc5)c5ccccc5c4)cc3)cc3ccccc3c2c1. The predicted molar refractivity (Wildman–Crippen MR) is 277 cm³/mol. The summed E-state index contributed by atoms with van der Waals surface area (Å²) in [7, 11) is 0. The summed E-state index contributed by atoms with van der Waals surface area (Å²) in [6.07, 6.45) is 2.16. The third kappa shape index (κ3) is 6.92. The molecule has 308 valence electrons. The number of nitrogens with zero attached hydrogens (tertiary/aromatic N) is 1. The lowest BCUT2D eigenvalue weighted by Crippen LogP contribution is -2.10. The molecule has 0 N–H and O–H groups in total. The summed E-state index contributed by atoms with van der Waals surface area (Å²) in [5.41, 5.74) is 15.9. The van der Waals surface area contributed by atoms with Crippen LogP contribution in [0.5, 0.6) is 0 Å². The molecule has 11 aromatic carbocycles. The highest BCUT2D eigenvalue weighted by Crippen LogP contribution is 2.44. The van der Waals surface area contributed by atoms with Gasteiger partial charge in [0.1, 0.15) is 11.2 Å². The molecule has 0 amide bonds. The Morgan fingerprint density at radius 3 is 1.74 bits per heavy atom. The van der Waals surface area contributed by atoms with E-state index in [4.69, 9.17) is 4.42 Å². The molecule has 0 aliphatic heterocycles. The number of hydrogen-bond donors (Lipinski definition) is 0.